The molecule has 0 saturated heterocycles. The molecule has 1 N–H and O–H groups in total. The molecular weight excluding hydrogens is 276 g/mol. The largest absolute Gasteiger partial charge is 0.445 e. The van der Waals surface area contributed by atoms with Gasteiger partial charge in [-0.2, -0.15) is 0 Å². The van der Waals surface area contributed by atoms with Gasteiger partial charge in [0.15, 0.2) is 0 Å². The summed E-state index contributed by atoms with van der Waals surface area (Å²) in [7, 11) is 1.57. The lowest BCUT2D eigenvalue weighted by molar-refractivity contribution is 0.133. The summed E-state index contributed by atoms with van der Waals surface area (Å²) in [6.07, 6.45) is 1.19. The molecular formula is C10H13BrN2O3. The molecule has 0 radical (unpaired) electrons. The Bertz CT molecular complexity index is 329. The van der Waals surface area contributed by atoms with Crippen molar-refractivity contribution in [1.29, 1.82) is 0 Å². The number of ether oxygens (including phenoxy) is 2. The topological polar surface area (TPSA) is 60.5 Å². The summed E-state index contributed by atoms with van der Waals surface area (Å²) in [6.45, 7) is 1.11. The van der Waals surface area contributed by atoms with E-state index in [0.29, 0.717) is 13.2 Å². The average Bonchev–Trinajstić information content (AvgIpc) is 2.29. The Balaban J connectivity index is 2.23. The first-order chi connectivity index (χ1) is 7.72. The van der Waals surface area contributed by atoms with E-state index in [0.717, 1.165) is 10.2 Å². The molecule has 0 unspecified atom stereocenters. The van der Waals surface area contributed by atoms with E-state index in [4.69, 9.17) is 9.47 Å². The first-order valence-corrected chi connectivity index (χ1v) is 5.51. The van der Waals surface area contributed by atoms with Crippen LogP contribution in [0.1, 0.15) is 5.56 Å². The van der Waals surface area contributed by atoms with E-state index in [1.165, 1.54) is 0 Å². The maximum atomic E-state index is 11.1. The molecule has 5 nitrogen and oxygen atoms in total. The molecule has 0 fully saturated rings. The van der Waals surface area contributed by atoms with Crippen LogP contribution in [0.5, 0.6) is 0 Å². The van der Waals surface area contributed by atoms with Crippen LogP contribution in [0.25, 0.3) is 0 Å². The van der Waals surface area contributed by atoms with E-state index >= 15 is 0 Å². The quantitative estimate of drug-likeness (QED) is 0.662. The number of amides is 1. The molecule has 0 aliphatic carbocycles. The Labute approximate surface area is 102 Å². The van der Waals surface area contributed by atoms with Crippen molar-refractivity contribution >= 4 is 22.0 Å². The molecule has 1 heterocycles. The molecule has 1 aromatic heterocycles. The summed E-state index contributed by atoms with van der Waals surface area (Å²) in [4.78, 5) is 15.2. The van der Waals surface area contributed by atoms with Crippen molar-refractivity contribution in [3.8, 4) is 0 Å². The maximum absolute atomic E-state index is 11.1. The van der Waals surface area contributed by atoms with E-state index in [1.54, 1.807) is 19.4 Å². The molecule has 1 aromatic rings. The third-order valence-electron chi connectivity index (χ3n) is 1.73. The SMILES string of the molecule is COCCNC(=O)OCc1ccc(Br)nc1. The number of nitrogens with one attached hydrogen (secondary N) is 1. The van der Waals surface area contributed by atoms with Gasteiger partial charge in [0.1, 0.15) is 11.2 Å². The molecule has 0 spiro atoms. The highest BCUT2D eigenvalue weighted by molar-refractivity contribution is 9.10. The Morgan fingerprint density at radius 1 is 1.56 bits per heavy atom. The van der Waals surface area contributed by atoms with Gasteiger partial charge in [-0.05, 0) is 22.0 Å². The summed E-state index contributed by atoms with van der Waals surface area (Å²) in [5.74, 6) is 0. The number of hydrogen-bond donors (Lipinski definition) is 1. The van der Waals surface area contributed by atoms with Gasteiger partial charge in [-0.15, -0.1) is 0 Å². The molecule has 16 heavy (non-hydrogen) atoms. The Morgan fingerprint density at radius 2 is 2.38 bits per heavy atom. The minimum absolute atomic E-state index is 0.207. The first kappa shape index (κ1) is 12.9. The lowest BCUT2D eigenvalue weighted by Crippen LogP contribution is -2.27. The molecule has 0 aliphatic heterocycles. The van der Waals surface area contributed by atoms with E-state index in [9.17, 15) is 4.79 Å². The minimum atomic E-state index is -0.458. The van der Waals surface area contributed by atoms with Crippen molar-refractivity contribution in [2.24, 2.45) is 0 Å². The molecule has 0 bridgehead atoms. The molecule has 0 saturated carbocycles. The molecule has 0 aromatic carbocycles. The zero-order valence-electron chi connectivity index (χ0n) is 8.90. The van der Waals surface area contributed by atoms with Gasteiger partial charge in [-0.1, -0.05) is 6.07 Å². The molecule has 1 amide bonds. The second-order valence-corrected chi connectivity index (χ2v) is 3.80. The second kappa shape index (κ2) is 7.19. The Morgan fingerprint density at radius 3 is 3.00 bits per heavy atom. The molecule has 1 rings (SSSR count). The van der Waals surface area contributed by atoms with Gasteiger partial charge in [0.25, 0.3) is 0 Å². The highest BCUT2D eigenvalue weighted by Gasteiger charge is 2.01. The van der Waals surface area contributed by atoms with Crippen LogP contribution in [0.3, 0.4) is 0 Å². The smallest absolute Gasteiger partial charge is 0.407 e. The fraction of sp³-hybridized carbons (Fsp3) is 0.400. The lowest BCUT2D eigenvalue weighted by atomic mass is 10.3. The van der Waals surface area contributed by atoms with Crippen LogP contribution in [0.4, 0.5) is 4.79 Å². The number of hydrogen-bond acceptors (Lipinski definition) is 4. The maximum Gasteiger partial charge on any atom is 0.407 e. The molecule has 88 valence electrons. The normalized spacial score (nSPS) is 9.88. The lowest BCUT2D eigenvalue weighted by Gasteiger charge is -2.06. The van der Waals surface area contributed by atoms with Crippen LogP contribution < -0.4 is 5.32 Å². The number of rotatable bonds is 5. The second-order valence-electron chi connectivity index (χ2n) is 2.98. The van der Waals surface area contributed by atoms with E-state index in [1.807, 2.05) is 6.07 Å². The molecule has 0 atom stereocenters. The van der Waals surface area contributed by atoms with Gasteiger partial charge in [0.2, 0.25) is 0 Å². The van der Waals surface area contributed by atoms with Crippen LogP contribution in [-0.4, -0.2) is 31.3 Å². The van der Waals surface area contributed by atoms with Crippen LogP contribution in [0.15, 0.2) is 22.9 Å². The summed E-state index contributed by atoms with van der Waals surface area (Å²) in [6, 6.07) is 3.63. The molecule has 0 aliphatic rings. The van der Waals surface area contributed by atoms with Crippen molar-refractivity contribution < 1.29 is 14.3 Å². The van der Waals surface area contributed by atoms with Crippen molar-refractivity contribution in [3.05, 3.63) is 28.5 Å². The number of methoxy groups -OCH3 is 1. The van der Waals surface area contributed by atoms with Gasteiger partial charge in [0.05, 0.1) is 6.61 Å². The predicted molar refractivity (Wildman–Crippen MR) is 62.0 cm³/mol. The van der Waals surface area contributed by atoms with Gasteiger partial charge in [0, 0.05) is 25.4 Å². The number of nitrogens with zero attached hydrogens (tertiary/aromatic N) is 1. The summed E-state index contributed by atoms with van der Waals surface area (Å²) < 4.78 is 10.5. The number of carbonyl (C=O) groups is 1. The van der Waals surface area contributed by atoms with E-state index in [-0.39, 0.29) is 6.61 Å². The number of alkyl carbamates (subject to hydrolysis) is 1. The van der Waals surface area contributed by atoms with Gasteiger partial charge < -0.3 is 14.8 Å². The highest BCUT2D eigenvalue weighted by atomic mass is 79.9. The zero-order chi connectivity index (χ0) is 11.8. The van der Waals surface area contributed by atoms with Crippen molar-refractivity contribution in [2.45, 2.75) is 6.61 Å². The van der Waals surface area contributed by atoms with Crippen molar-refractivity contribution in [1.82, 2.24) is 10.3 Å². The standard InChI is InChI=1S/C10H13BrN2O3/c1-15-5-4-12-10(14)16-7-8-2-3-9(11)13-6-8/h2-3,6H,4-5,7H2,1H3,(H,12,14). The summed E-state index contributed by atoms with van der Waals surface area (Å²) >= 11 is 3.22. The number of aromatic nitrogens is 1. The summed E-state index contributed by atoms with van der Waals surface area (Å²) in [5, 5.41) is 2.55. The third-order valence-corrected chi connectivity index (χ3v) is 2.20. The van der Waals surface area contributed by atoms with E-state index in [2.05, 4.69) is 26.2 Å². The van der Waals surface area contributed by atoms with Crippen LogP contribution >= 0.6 is 15.9 Å². The predicted octanol–water partition coefficient (Wildman–Crippen LogP) is 1.72. The minimum Gasteiger partial charge on any atom is -0.445 e. The zero-order valence-corrected chi connectivity index (χ0v) is 10.5. The monoisotopic (exact) mass is 288 g/mol. The van der Waals surface area contributed by atoms with Gasteiger partial charge in [-0.25, -0.2) is 9.78 Å². The first-order valence-electron chi connectivity index (χ1n) is 4.72. The van der Waals surface area contributed by atoms with Gasteiger partial charge in [-0.3, -0.25) is 0 Å². The van der Waals surface area contributed by atoms with Gasteiger partial charge >= 0.3 is 6.09 Å². The summed E-state index contributed by atoms with van der Waals surface area (Å²) in [5.41, 5.74) is 0.838. The van der Waals surface area contributed by atoms with Crippen LogP contribution in [0.2, 0.25) is 0 Å². The van der Waals surface area contributed by atoms with E-state index < -0.39 is 6.09 Å². The highest BCUT2D eigenvalue weighted by Crippen LogP contribution is 2.07. The van der Waals surface area contributed by atoms with Crippen molar-refractivity contribution in [3.63, 3.8) is 0 Å². The Kier molecular flexibility index (Phi) is 5.81. The van der Waals surface area contributed by atoms with Crippen LogP contribution in [-0.2, 0) is 16.1 Å². The number of halogens is 1. The fourth-order valence-corrected chi connectivity index (χ4v) is 1.18. The number of carbonyl (C=O) groups excluding carboxylic acids is 1. The Hall–Kier alpha value is -1.14. The average molecular weight is 289 g/mol. The molecule has 6 heteroatoms. The van der Waals surface area contributed by atoms with Crippen molar-refractivity contribution in [2.75, 3.05) is 20.3 Å². The third kappa shape index (κ3) is 5.09. The number of pyridine rings is 1. The fourth-order valence-electron chi connectivity index (χ4n) is 0.947. The van der Waals surface area contributed by atoms with Crippen LogP contribution in [0, 0.1) is 0 Å².